The number of carbonyl (C=O) groups is 1. The number of nitrogens with zero attached hydrogens (tertiary/aromatic N) is 1. The van der Waals surface area contributed by atoms with Crippen LogP contribution in [0.2, 0.25) is 0 Å². The van der Waals surface area contributed by atoms with Crippen LogP contribution in [0, 0.1) is 0 Å². The van der Waals surface area contributed by atoms with Crippen molar-refractivity contribution in [3.8, 4) is 16.9 Å². The van der Waals surface area contributed by atoms with E-state index in [4.69, 9.17) is 4.74 Å². The Kier molecular flexibility index (Phi) is 5.86. The van der Waals surface area contributed by atoms with Gasteiger partial charge in [-0.1, -0.05) is 18.2 Å². The normalized spacial score (nSPS) is 15.5. The Balaban J connectivity index is 1.36. The summed E-state index contributed by atoms with van der Waals surface area (Å²) in [5.41, 5.74) is 3.91. The molecule has 7 heteroatoms. The SMILES string of the molecule is CS(=O)(=O)c1ccc(-c2ccc3c(c2)CC(CNC(=O)/C=C/c2ccncc2)O3)cc1. The minimum Gasteiger partial charge on any atom is -0.488 e. The Hall–Kier alpha value is -3.45. The average Bonchev–Trinajstić information content (AvgIpc) is 3.19. The molecule has 0 bridgehead atoms. The van der Waals surface area contributed by atoms with Crippen LogP contribution < -0.4 is 10.1 Å². The van der Waals surface area contributed by atoms with Crippen molar-refractivity contribution < 1.29 is 17.9 Å². The highest BCUT2D eigenvalue weighted by Gasteiger charge is 2.23. The van der Waals surface area contributed by atoms with Crippen molar-refractivity contribution in [2.75, 3.05) is 12.8 Å². The van der Waals surface area contributed by atoms with Gasteiger partial charge in [-0.05, 0) is 64.7 Å². The molecule has 4 rings (SSSR count). The number of hydrogen-bond acceptors (Lipinski definition) is 5. The van der Waals surface area contributed by atoms with Crippen LogP contribution in [-0.2, 0) is 21.1 Å². The Morgan fingerprint density at radius 2 is 1.81 bits per heavy atom. The summed E-state index contributed by atoms with van der Waals surface area (Å²) in [7, 11) is -3.21. The van der Waals surface area contributed by atoms with Gasteiger partial charge in [-0.2, -0.15) is 0 Å². The van der Waals surface area contributed by atoms with E-state index in [1.54, 1.807) is 42.7 Å². The van der Waals surface area contributed by atoms with Gasteiger partial charge in [-0.3, -0.25) is 9.78 Å². The average molecular weight is 435 g/mol. The molecule has 1 unspecified atom stereocenters. The molecule has 6 nitrogen and oxygen atoms in total. The molecule has 1 aliphatic rings. The van der Waals surface area contributed by atoms with Crippen LogP contribution >= 0.6 is 0 Å². The van der Waals surface area contributed by atoms with Gasteiger partial charge in [0.15, 0.2) is 9.84 Å². The molecule has 1 atom stereocenters. The third-order valence-corrected chi connectivity index (χ3v) is 6.18. The number of benzene rings is 2. The topological polar surface area (TPSA) is 85.4 Å². The smallest absolute Gasteiger partial charge is 0.244 e. The van der Waals surface area contributed by atoms with Crippen molar-refractivity contribution >= 4 is 21.8 Å². The van der Waals surface area contributed by atoms with Crippen LogP contribution in [0.5, 0.6) is 5.75 Å². The predicted molar refractivity (Wildman–Crippen MR) is 119 cm³/mol. The van der Waals surface area contributed by atoms with E-state index in [9.17, 15) is 13.2 Å². The Labute approximate surface area is 181 Å². The molecule has 3 aromatic rings. The summed E-state index contributed by atoms with van der Waals surface area (Å²) in [6.07, 6.45) is 8.35. The maximum Gasteiger partial charge on any atom is 0.244 e. The summed E-state index contributed by atoms with van der Waals surface area (Å²) < 4.78 is 29.2. The summed E-state index contributed by atoms with van der Waals surface area (Å²) in [4.78, 5) is 16.3. The van der Waals surface area contributed by atoms with E-state index in [2.05, 4.69) is 16.4 Å². The molecule has 1 aromatic heterocycles. The molecule has 0 fully saturated rings. The Morgan fingerprint density at radius 1 is 1.10 bits per heavy atom. The van der Waals surface area contributed by atoms with Crippen molar-refractivity contribution in [1.29, 1.82) is 0 Å². The number of rotatable bonds is 6. The number of nitrogens with one attached hydrogen (secondary N) is 1. The lowest BCUT2D eigenvalue weighted by Crippen LogP contribution is -2.33. The first-order valence-corrected chi connectivity index (χ1v) is 11.7. The molecule has 0 aliphatic carbocycles. The van der Waals surface area contributed by atoms with Crippen LogP contribution in [0.4, 0.5) is 0 Å². The van der Waals surface area contributed by atoms with Crippen LogP contribution in [0.3, 0.4) is 0 Å². The fourth-order valence-corrected chi connectivity index (χ4v) is 4.06. The number of carbonyl (C=O) groups excluding carboxylic acids is 1. The summed E-state index contributed by atoms with van der Waals surface area (Å²) in [5, 5.41) is 2.87. The minimum absolute atomic E-state index is 0.129. The Bertz CT molecular complexity index is 1220. The lowest BCUT2D eigenvalue weighted by Gasteiger charge is -2.10. The van der Waals surface area contributed by atoms with E-state index in [1.165, 1.54) is 12.3 Å². The van der Waals surface area contributed by atoms with Gasteiger partial charge in [0.05, 0.1) is 11.4 Å². The summed E-state index contributed by atoms with van der Waals surface area (Å²) >= 11 is 0. The van der Waals surface area contributed by atoms with Gasteiger partial charge < -0.3 is 10.1 Å². The molecular formula is C24H22N2O4S. The van der Waals surface area contributed by atoms with Crippen molar-refractivity contribution in [3.63, 3.8) is 0 Å². The first kappa shape index (κ1) is 20.8. The number of sulfone groups is 1. The zero-order valence-corrected chi connectivity index (χ0v) is 17.8. The number of hydrogen-bond donors (Lipinski definition) is 1. The summed E-state index contributed by atoms with van der Waals surface area (Å²) in [6, 6.07) is 16.4. The van der Waals surface area contributed by atoms with Crippen molar-refractivity contribution in [2.45, 2.75) is 17.4 Å². The lowest BCUT2D eigenvalue weighted by molar-refractivity contribution is -0.116. The van der Waals surface area contributed by atoms with Crippen LogP contribution in [0.15, 0.2) is 78.0 Å². The zero-order chi connectivity index (χ0) is 21.8. The van der Waals surface area contributed by atoms with Gasteiger partial charge >= 0.3 is 0 Å². The molecule has 0 saturated carbocycles. The number of pyridine rings is 1. The molecule has 0 saturated heterocycles. The fourth-order valence-electron chi connectivity index (χ4n) is 3.43. The van der Waals surface area contributed by atoms with Crippen LogP contribution in [0.25, 0.3) is 17.2 Å². The van der Waals surface area contributed by atoms with E-state index < -0.39 is 9.84 Å². The van der Waals surface area contributed by atoms with E-state index >= 15 is 0 Å². The summed E-state index contributed by atoms with van der Waals surface area (Å²) in [6.45, 7) is 0.409. The second-order valence-electron chi connectivity index (χ2n) is 7.42. The van der Waals surface area contributed by atoms with Gasteiger partial charge in [-0.15, -0.1) is 0 Å². The van der Waals surface area contributed by atoms with Crippen LogP contribution in [0.1, 0.15) is 11.1 Å². The first-order chi connectivity index (χ1) is 14.9. The van der Waals surface area contributed by atoms with Gasteiger partial charge in [0.1, 0.15) is 11.9 Å². The highest BCUT2D eigenvalue weighted by atomic mass is 32.2. The molecule has 2 aromatic carbocycles. The molecule has 1 aliphatic heterocycles. The molecule has 0 spiro atoms. The van der Waals surface area contributed by atoms with Gasteiger partial charge in [-0.25, -0.2) is 8.42 Å². The maximum atomic E-state index is 12.1. The first-order valence-electron chi connectivity index (χ1n) is 9.84. The molecular weight excluding hydrogens is 412 g/mol. The second kappa shape index (κ2) is 8.73. The van der Waals surface area contributed by atoms with E-state index in [-0.39, 0.29) is 12.0 Å². The quantitative estimate of drug-likeness (QED) is 0.602. The van der Waals surface area contributed by atoms with Gasteiger partial charge in [0, 0.05) is 31.1 Å². The number of amides is 1. The highest BCUT2D eigenvalue weighted by molar-refractivity contribution is 7.90. The molecule has 2 heterocycles. The van der Waals surface area contributed by atoms with E-state index in [0.717, 1.165) is 28.0 Å². The number of aromatic nitrogens is 1. The standard InChI is InChI=1S/C24H22N2O4S/c1-31(28,29)22-6-3-18(4-7-22)19-5-8-23-20(14-19)15-21(30-23)16-26-24(27)9-2-17-10-12-25-13-11-17/h2-14,21H,15-16H2,1H3,(H,26,27)/b9-2+. The number of ether oxygens (including phenoxy) is 1. The molecule has 0 radical (unpaired) electrons. The Morgan fingerprint density at radius 3 is 2.52 bits per heavy atom. The maximum absolute atomic E-state index is 12.1. The molecule has 158 valence electrons. The third kappa shape index (κ3) is 5.19. The van der Waals surface area contributed by atoms with E-state index in [1.807, 2.05) is 24.3 Å². The molecule has 31 heavy (non-hydrogen) atoms. The highest BCUT2D eigenvalue weighted by Crippen LogP contribution is 2.33. The molecule has 1 amide bonds. The van der Waals surface area contributed by atoms with Crippen LogP contribution in [-0.4, -0.2) is 38.2 Å². The van der Waals surface area contributed by atoms with Crippen molar-refractivity contribution in [1.82, 2.24) is 10.3 Å². The lowest BCUT2D eigenvalue weighted by atomic mass is 10.0. The minimum atomic E-state index is -3.21. The van der Waals surface area contributed by atoms with E-state index in [0.29, 0.717) is 17.9 Å². The predicted octanol–water partition coefficient (Wildman–Crippen LogP) is 3.29. The zero-order valence-electron chi connectivity index (χ0n) is 17.0. The fraction of sp³-hybridized carbons (Fsp3) is 0.167. The summed E-state index contributed by atoms with van der Waals surface area (Å²) in [5.74, 6) is 0.631. The van der Waals surface area contributed by atoms with Gasteiger partial charge in [0.2, 0.25) is 5.91 Å². The largest absolute Gasteiger partial charge is 0.488 e. The van der Waals surface area contributed by atoms with Crippen molar-refractivity contribution in [3.05, 3.63) is 84.2 Å². The van der Waals surface area contributed by atoms with Gasteiger partial charge in [0.25, 0.3) is 0 Å². The van der Waals surface area contributed by atoms with Crippen molar-refractivity contribution in [2.24, 2.45) is 0 Å². The monoisotopic (exact) mass is 434 g/mol. The second-order valence-corrected chi connectivity index (χ2v) is 9.44. The number of fused-ring (bicyclic) bond motifs is 1. The third-order valence-electron chi connectivity index (χ3n) is 5.05. The molecule has 1 N–H and O–H groups in total.